The number of amides is 1. The number of benzene rings is 1. The van der Waals surface area contributed by atoms with Crippen LogP contribution in [-0.2, 0) is 18.4 Å². The third-order valence-electron chi connectivity index (χ3n) is 4.97. The van der Waals surface area contributed by atoms with Gasteiger partial charge in [-0.15, -0.1) is 11.3 Å². The molecule has 0 saturated heterocycles. The first-order valence-corrected chi connectivity index (χ1v) is 10.2. The van der Waals surface area contributed by atoms with Gasteiger partial charge in [0.05, 0.1) is 12.2 Å². The fraction of sp³-hybridized carbons (Fsp3) is 0.286. The molecule has 6 nitrogen and oxygen atoms in total. The van der Waals surface area contributed by atoms with Crippen LogP contribution in [0.5, 0.6) is 0 Å². The van der Waals surface area contributed by atoms with Gasteiger partial charge < -0.3 is 9.88 Å². The number of hydrogen-bond donors (Lipinski definition) is 1. The van der Waals surface area contributed by atoms with Crippen LogP contribution in [0.3, 0.4) is 0 Å². The second kappa shape index (κ2) is 7.59. The molecule has 3 aromatic heterocycles. The van der Waals surface area contributed by atoms with E-state index < -0.39 is 0 Å². The summed E-state index contributed by atoms with van der Waals surface area (Å²) in [5.41, 5.74) is 1.17. The van der Waals surface area contributed by atoms with E-state index in [0.29, 0.717) is 5.52 Å². The minimum atomic E-state index is -0.204. The molecule has 0 aliphatic heterocycles. The number of hydrogen-bond acceptors (Lipinski definition) is 4. The zero-order valence-electron chi connectivity index (χ0n) is 15.9. The van der Waals surface area contributed by atoms with Gasteiger partial charge in [0.15, 0.2) is 0 Å². The highest BCUT2D eigenvalue weighted by Crippen LogP contribution is 2.27. The van der Waals surface area contributed by atoms with Gasteiger partial charge in [0.25, 0.3) is 5.56 Å². The summed E-state index contributed by atoms with van der Waals surface area (Å²) in [6.45, 7) is 2.20. The Bertz CT molecular complexity index is 1190. The summed E-state index contributed by atoms with van der Waals surface area (Å²) in [5.74, 6) is -0.103. The van der Waals surface area contributed by atoms with Gasteiger partial charge in [-0.25, -0.2) is 4.68 Å². The van der Waals surface area contributed by atoms with E-state index in [1.54, 1.807) is 29.1 Å². The Balaban J connectivity index is 1.73. The minimum Gasteiger partial charge on any atom is -0.347 e. The van der Waals surface area contributed by atoms with E-state index in [9.17, 15) is 9.59 Å². The maximum Gasteiger partial charge on any atom is 0.291 e. The zero-order valence-corrected chi connectivity index (χ0v) is 16.7. The third kappa shape index (κ3) is 3.22. The average Bonchev–Trinajstić information content (AvgIpc) is 3.32. The van der Waals surface area contributed by atoms with Crippen molar-refractivity contribution in [2.75, 3.05) is 0 Å². The lowest BCUT2D eigenvalue weighted by Crippen LogP contribution is -2.32. The molecule has 4 aromatic rings. The van der Waals surface area contributed by atoms with Crippen LogP contribution in [0.1, 0.15) is 30.7 Å². The van der Waals surface area contributed by atoms with Gasteiger partial charge in [-0.05, 0) is 23.9 Å². The second-order valence-corrected chi connectivity index (χ2v) is 7.84. The van der Waals surface area contributed by atoms with Crippen LogP contribution in [0, 0.1) is 0 Å². The minimum absolute atomic E-state index is 0.00455. The molecule has 0 spiro atoms. The number of aromatic nitrogens is 3. The molecule has 0 bridgehead atoms. The molecule has 1 N–H and O–H groups in total. The SMILES string of the molecule is CCC[C@H](NC(=O)Cn1c2ccccc2c2cnn(C)c(=O)c21)c1cccs1. The quantitative estimate of drug-likeness (QED) is 0.543. The monoisotopic (exact) mass is 394 g/mol. The van der Waals surface area contributed by atoms with Gasteiger partial charge in [0.2, 0.25) is 5.91 Å². The summed E-state index contributed by atoms with van der Waals surface area (Å²) in [5, 5.41) is 11.0. The Kier molecular flexibility index (Phi) is 5.00. The molecule has 0 radical (unpaired) electrons. The third-order valence-corrected chi connectivity index (χ3v) is 5.95. The number of fused-ring (bicyclic) bond motifs is 3. The molecule has 0 aliphatic carbocycles. The highest BCUT2D eigenvalue weighted by Gasteiger charge is 2.19. The van der Waals surface area contributed by atoms with Crippen molar-refractivity contribution in [3.63, 3.8) is 0 Å². The average molecular weight is 395 g/mol. The Morgan fingerprint density at radius 2 is 2.04 bits per heavy atom. The van der Waals surface area contributed by atoms with Gasteiger partial charge >= 0.3 is 0 Å². The fourth-order valence-electron chi connectivity index (χ4n) is 3.65. The lowest BCUT2D eigenvalue weighted by Gasteiger charge is -2.17. The van der Waals surface area contributed by atoms with Crippen molar-refractivity contribution in [2.24, 2.45) is 7.05 Å². The predicted octanol–water partition coefficient (Wildman–Crippen LogP) is 3.61. The lowest BCUT2D eigenvalue weighted by molar-refractivity contribution is -0.122. The maximum atomic E-state index is 12.9. The van der Waals surface area contributed by atoms with E-state index in [1.165, 1.54) is 4.68 Å². The van der Waals surface area contributed by atoms with E-state index >= 15 is 0 Å². The molecule has 28 heavy (non-hydrogen) atoms. The molecule has 1 aromatic carbocycles. The molecule has 144 valence electrons. The molecule has 1 atom stereocenters. The number of nitrogens with zero attached hydrogens (tertiary/aromatic N) is 3. The lowest BCUT2D eigenvalue weighted by atomic mass is 10.1. The van der Waals surface area contributed by atoms with Gasteiger partial charge in [-0.2, -0.15) is 5.10 Å². The smallest absolute Gasteiger partial charge is 0.291 e. The number of carbonyl (C=O) groups is 1. The molecule has 4 rings (SSSR count). The summed E-state index contributed by atoms with van der Waals surface area (Å²) in [7, 11) is 1.62. The molecule has 7 heteroatoms. The van der Waals surface area contributed by atoms with Crippen molar-refractivity contribution < 1.29 is 4.79 Å². The molecule has 0 saturated carbocycles. The Hall–Kier alpha value is -2.93. The van der Waals surface area contributed by atoms with E-state index in [2.05, 4.69) is 17.3 Å². The fourth-order valence-corrected chi connectivity index (χ4v) is 4.47. The van der Waals surface area contributed by atoms with Crippen molar-refractivity contribution in [3.05, 3.63) is 63.2 Å². The van der Waals surface area contributed by atoms with Crippen molar-refractivity contribution >= 4 is 39.0 Å². The van der Waals surface area contributed by atoms with E-state index in [4.69, 9.17) is 0 Å². The highest BCUT2D eigenvalue weighted by atomic mass is 32.1. The Labute approximate surface area is 166 Å². The van der Waals surface area contributed by atoms with Crippen LogP contribution < -0.4 is 10.9 Å². The van der Waals surface area contributed by atoms with Crippen molar-refractivity contribution in [1.29, 1.82) is 0 Å². The van der Waals surface area contributed by atoms with Crippen LogP contribution >= 0.6 is 11.3 Å². The normalized spacial score (nSPS) is 12.5. The number of nitrogens with one attached hydrogen (secondary N) is 1. The van der Waals surface area contributed by atoms with Crippen LogP contribution in [-0.4, -0.2) is 20.3 Å². The zero-order chi connectivity index (χ0) is 19.7. The summed E-state index contributed by atoms with van der Waals surface area (Å²) in [6.07, 6.45) is 3.55. The number of para-hydroxylation sites is 1. The molecular weight excluding hydrogens is 372 g/mol. The molecule has 3 heterocycles. The van der Waals surface area contributed by atoms with Crippen LogP contribution in [0.2, 0.25) is 0 Å². The largest absolute Gasteiger partial charge is 0.347 e. The number of rotatable bonds is 6. The Morgan fingerprint density at radius 3 is 2.79 bits per heavy atom. The molecule has 0 aliphatic rings. The summed E-state index contributed by atoms with van der Waals surface area (Å²) < 4.78 is 3.11. The summed E-state index contributed by atoms with van der Waals surface area (Å²) >= 11 is 1.65. The Morgan fingerprint density at radius 1 is 1.21 bits per heavy atom. The second-order valence-electron chi connectivity index (χ2n) is 6.86. The number of carbonyl (C=O) groups excluding carboxylic acids is 1. The van der Waals surface area contributed by atoms with Crippen molar-refractivity contribution in [3.8, 4) is 0 Å². The van der Waals surface area contributed by atoms with Gasteiger partial charge in [0.1, 0.15) is 12.1 Å². The number of aryl methyl sites for hydroxylation is 1. The van der Waals surface area contributed by atoms with Crippen LogP contribution in [0.15, 0.2) is 52.8 Å². The highest BCUT2D eigenvalue weighted by molar-refractivity contribution is 7.10. The van der Waals surface area contributed by atoms with Gasteiger partial charge in [-0.1, -0.05) is 37.6 Å². The first-order valence-electron chi connectivity index (χ1n) is 9.36. The van der Waals surface area contributed by atoms with Crippen LogP contribution in [0.4, 0.5) is 0 Å². The van der Waals surface area contributed by atoms with E-state index in [-0.39, 0.29) is 24.1 Å². The standard InChI is InChI=1S/C21H22N4O2S/c1-3-7-16(18-10-6-11-28-18)23-19(26)13-25-17-9-5-4-8-14(17)15-12-22-24(2)21(27)20(15)25/h4-6,8-12,16H,3,7,13H2,1-2H3,(H,23,26)/t16-/m0/s1. The summed E-state index contributed by atoms with van der Waals surface area (Å²) in [6, 6.07) is 11.8. The molecule has 0 unspecified atom stereocenters. The van der Waals surface area contributed by atoms with Gasteiger partial charge in [-0.3, -0.25) is 9.59 Å². The first kappa shape index (κ1) is 18.4. The summed E-state index contributed by atoms with van der Waals surface area (Å²) in [4.78, 5) is 26.8. The van der Waals surface area contributed by atoms with Gasteiger partial charge in [0, 0.05) is 28.2 Å². The molecule has 1 amide bonds. The number of thiophene rings is 1. The van der Waals surface area contributed by atoms with Crippen molar-refractivity contribution in [1.82, 2.24) is 19.7 Å². The maximum absolute atomic E-state index is 12.9. The molecule has 0 fully saturated rings. The topological polar surface area (TPSA) is 68.9 Å². The van der Waals surface area contributed by atoms with Crippen molar-refractivity contribution in [2.45, 2.75) is 32.4 Å². The van der Waals surface area contributed by atoms with E-state index in [1.807, 2.05) is 41.8 Å². The van der Waals surface area contributed by atoms with E-state index in [0.717, 1.165) is 34.0 Å². The first-order chi connectivity index (χ1) is 13.6. The molecular formula is C21H22N4O2S. The van der Waals surface area contributed by atoms with Crippen LogP contribution in [0.25, 0.3) is 21.8 Å². The predicted molar refractivity (Wildman–Crippen MR) is 113 cm³/mol.